The monoisotopic (exact) mass is 495 g/mol. The Kier molecular flexibility index (Phi) is 6.47. The Balaban J connectivity index is 1.16. The molecule has 2 fully saturated rings. The maximum absolute atomic E-state index is 13.3. The number of halogens is 1. The number of likely N-dealkylation sites (tertiary alicyclic amines) is 1. The van der Waals surface area contributed by atoms with Crippen LogP contribution in [0.5, 0.6) is 0 Å². The molecule has 1 aliphatic carbocycles. The lowest BCUT2D eigenvalue weighted by Crippen LogP contribution is -2.43. The van der Waals surface area contributed by atoms with Crippen molar-refractivity contribution >= 4 is 28.7 Å². The molecule has 4 atom stereocenters. The maximum Gasteiger partial charge on any atom is 0.227 e. The van der Waals surface area contributed by atoms with Gasteiger partial charge in [0.15, 0.2) is 0 Å². The molecule has 2 aliphatic heterocycles. The fourth-order valence-corrected chi connectivity index (χ4v) is 7.34. The average molecular weight is 496 g/mol. The number of ether oxygens (including phenoxy) is 1. The van der Waals surface area contributed by atoms with Crippen molar-refractivity contribution in [1.29, 1.82) is 0 Å². The van der Waals surface area contributed by atoms with E-state index >= 15 is 0 Å². The van der Waals surface area contributed by atoms with Crippen molar-refractivity contribution in [3.63, 3.8) is 0 Å². The smallest absolute Gasteiger partial charge is 0.227 e. The summed E-state index contributed by atoms with van der Waals surface area (Å²) in [5.41, 5.74) is 4.65. The first kappa shape index (κ1) is 22.9. The van der Waals surface area contributed by atoms with E-state index in [1.165, 1.54) is 11.1 Å². The predicted octanol–water partition coefficient (Wildman–Crippen LogP) is 3.35. The standard InChI is InChI=1S/C26H30FN5O2S/c27-11-17-2-1-3-20-26(17)31-24(29-20)10-25(33)30-21-13-32(18-7-9-34-15-18)14-23(21)35-22-5-4-16-6-8-28-12-19(16)22/h1-3,6,8,12,18,21-23H,4-5,7,9-11,13-15H2,(H,29,31)(H,30,33)/t18?,21?,22?,23-/m0/s1. The van der Waals surface area contributed by atoms with E-state index in [2.05, 4.69) is 31.2 Å². The fraction of sp³-hybridized carbons (Fsp3) is 0.500. The number of rotatable bonds is 7. The summed E-state index contributed by atoms with van der Waals surface area (Å²) in [7, 11) is 0. The Morgan fingerprint density at radius 3 is 3.09 bits per heavy atom. The first-order chi connectivity index (χ1) is 17.2. The Bertz CT molecular complexity index is 1210. The van der Waals surface area contributed by atoms with E-state index in [4.69, 9.17) is 4.74 Å². The van der Waals surface area contributed by atoms with Crippen LogP contribution >= 0.6 is 11.8 Å². The van der Waals surface area contributed by atoms with E-state index in [0.717, 1.165) is 51.1 Å². The predicted molar refractivity (Wildman–Crippen MR) is 134 cm³/mol. The second kappa shape index (κ2) is 9.87. The van der Waals surface area contributed by atoms with Crippen molar-refractivity contribution in [2.75, 3.05) is 26.3 Å². The molecule has 3 unspecified atom stereocenters. The number of hydrogen-bond acceptors (Lipinski definition) is 6. The van der Waals surface area contributed by atoms with E-state index in [1.807, 2.05) is 30.2 Å². The summed E-state index contributed by atoms with van der Waals surface area (Å²) >= 11 is 1.98. The van der Waals surface area contributed by atoms with Gasteiger partial charge >= 0.3 is 0 Å². The van der Waals surface area contributed by atoms with Crippen LogP contribution in [-0.2, 0) is 29.0 Å². The quantitative estimate of drug-likeness (QED) is 0.523. The second-order valence-corrected chi connectivity index (χ2v) is 11.2. The van der Waals surface area contributed by atoms with E-state index in [1.54, 1.807) is 12.1 Å². The average Bonchev–Trinajstić information content (AvgIpc) is 3.66. The number of imidazole rings is 1. The molecular formula is C26H30FN5O2S. The molecule has 2 N–H and O–H groups in total. The van der Waals surface area contributed by atoms with Crippen molar-refractivity contribution in [3.8, 4) is 0 Å². The first-order valence-electron chi connectivity index (χ1n) is 12.4. The number of thioether (sulfide) groups is 1. The number of carbonyl (C=O) groups is 1. The summed E-state index contributed by atoms with van der Waals surface area (Å²) in [5.74, 6) is 0.511. The minimum atomic E-state index is -0.574. The number of aryl methyl sites for hydroxylation is 1. The number of amides is 1. The minimum absolute atomic E-state index is 0.0552. The number of pyridine rings is 1. The number of fused-ring (bicyclic) bond motifs is 2. The SMILES string of the molecule is O=C(Cc1nc2c(CF)cccc2[nH]1)NC1CN(C2CCOC2)C[C@@H]1SC1CCc2ccncc21. The third-order valence-electron chi connectivity index (χ3n) is 7.49. The lowest BCUT2D eigenvalue weighted by Gasteiger charge is -2.23. The van der Waals surface area contributed by atoms with E-state index in [-0.39, 0.29) is 18.4 Å². The van der Waals surface area contributed by atoms with Crippen molar-refractivity contribution in [1.82, 2.24) is 25.2 Å². The van der Waals surface area contributed by atoms with Crippen LogP contribution in [0.3, 0.4) is 0 Å². The number of aromatic amines is 1. The highest BCUT2D eigenvalue weighted by molar-refractivity contribution is 8.00. The second-order valence-electron chi connectivity index (χ2n) is 9.73. The molecule has 0 bridgehead atoms. The van der Waals surface area contributed by atoms with Crippen LogP contribution in [0.4, 0.5) is 4.39 Å². The number of carbonyl (C=O) groups excluding carboxylic acids is 1. The van der Waals surface area contributed by atoms with E-state index < -0.39 is 6.67 Å². The van der Waals surface area contributed by atoms with Crippen molar-refractivity contribution in [2.45, 2.75) is 54.9 Å². The van der Waals surface area contributed by atoms with Crippen molar-refractivity contribution in [2.24, 2.45) is 0 Å². The van der Waals surface area contributed by atoms with Gasteiger partial charge in [-0.3, -0.25) is 14.7 Å². The Morgan fingerprint density at radius 2 is 2.23 bits per heavy atom. The van der Waals surface area contributed by atoms with E-state index in [0.29, 0.717) is 33.4 Å². The summed E-state index contributed by atoms with van der Waals surface area (Å²) < 4.78 is 19.0. The molecule has 1 aromatic carbocycles. The van der Waals surface area contributed by atoms with Gasteiger partial charge in [0.2, 0.25) is 5.91 Å². The molecule has 3 aromatic rings. The fourth-order valence-electron chi connectivity index (χ4n) is 5.68. The third-order valence-corrected chi connectivity index (χ3v) is 9.13. The number of aromatic nitrogens is 3. The number of nitrogens with zero attached hydrogens (tertiary/aromatic N) is 3. The molecule has 2 saturated heterocycles. The number of benzene rings is 1. The summed E-state index contributed by atoms with van der Waals surface area (Å²) in [6.07, 6.45) is 7.29. The molecule has 3 aliphatic rings. The molecule has 0 radical (unpaired) electrons. The minimum Gasteiger partial charge on any atom is -0.380 e. The summed E-state index contributed by atoms with van der Waals surface area (Å²) in [4.78, 5) is 27.6. The lowest BCUT2D eigenvalue weighted by atomic mass is 10.2. The van der Waals surface area contributed by atoms with Crippen molar-refractivity contribution < 1.29 is 13.9 Å². The van der Waals surface area contributed by atoms with Gasteiger partial charge in [0.25, 0.3) is 0 Å². The van der Waals surface area contributed by atoms with Gasteiger partial charge in [-0.25, -0.2) is 9.37 Å². The number of alkyl halides is 1. The molecule has 1 amide bonds. The van der Waals surface area contributed by atoms with Gasteiger partial charge in [0, 0.05) is 54.2 Å². The highest BCUT2D eigenvalue weighted by Crippen LogP contribution is 2.44. The number of hydrogen-bond donors (Lipinski definition) is 2. The number of para-hydroxylation sites is 1. The van der Waals surface area contributed by atoms with Gasteiger partial charge in [0.1, 0.15) is 12.5 Å². The number of H-pyrrole nitrogens is 1. The Hall–Kier alpha value is -2.49. The van der Waals surface area contributed by atoms with Crippen LogP contribution in [0.2, 0.25) is 0 Å². The summed E-state index contributed by atoms with van der Waals surface area (Å²) in [5, 5.41) is 4.02. The molecule has 0 saturated carbocycles. The van der Waals surface area contributed by atoms with Crippen molar-refractivity contribution in [3.05, 3.63) is 59.2 Å². The molecule has 6 rings (SSSR count). The van der Waals surface area contributed by atoms with E-state index in [9.17, 15) is 9.18 Å². The van der Waals surface area contributed by atoms with Gasteiger partial charge in [0.05, 0.1) is 30.1 Å². The first-order valence-corrected chi connectivity index (χ1v) is 13.3. The Labute approximate surface area is 208 Å². The lowest BCUT2D eigenvalue weighted by molar-refractivity contribution is -0.121. The van der Waals surface area contributed by atoms with Gasteiger partial charge in [-0.05, 0) is 42.5 Å². The zero-order valence-corrected chi connectivity index (χ0v) is 20.4. The van der Waals surface area contributed by atoms with Crippen LogP contribution in [-0.4, -0.2) is 69.4 Å². The molecule has 9 heteroatoms. The maximum atomic E-state index is 13.3. The molecule has 2 aromatic heterocycles. The normalized spacial score (nSPS) is 26.4. The third kappa shape index (κ3) is 4.69. The summed E-state index contributed by atoms with van der Waals surface area (Å²) in [6, 6.07) is 8.01. The molecular weight excluding hydrogens is 465 g/mol. The largest absolute Gasteiger partial charge is 0.380 e. The van der Waals surface area contributed by atoms with Crippen LogP contribution in [0.15, 0.2) is 36.7 Å². The highest BCUT2D eigenvalue weighted by atomic mass is 32.2. The summed E-state index contributed by atoms with van der Waals surface area (Å²) in [6.45, 7) is 2.78. The number of nitrogens with one attached hydrogen (secondary N) is 2. The molecule has 35 heavy (non-hydrogen) atoms. The zero-order valence-electron chi connectivity index (χ0n) is 19.6. The van der Waals surface area contributed by atoms with Gasteiger partial charge in [-0.2, -0.15) is 0 Å². The molecule has 4 heterocycles. The molecule has 0 spiro atoms. The van der Waals surface area contributed by atoms with Gasteiger partial charge in [-0.15, -0.1) is 11.8 Å². The van der Waals surface area contributed by atoms with Crippen LogP contribution < -0.4 is 5.32 Å². The Morgan fingerprint density at radius 1 is 1.29 bits per heavy atom. The topological polar surface area (TPSA) is 83.1 Å². The van der Waals surface area contributed by atoms with Gasteiger partial charge in [-0.1, -0.05) is 12.1 Å². The van der Waals surface area contributed by atoms with Gasteiger partial charge < -0.3 is 15.0 Å². The van der Waals surface area contributed by atoms with Crippen LogP contribution in [0.25, 0.3) is 11.0 Å². The van der Waals surface area contributed by atoms with Crippen LogP contribution in [0.1, 0.15) is 40.6 Å². The zero-order chi connectivity index (χ0) is 23.8. The highest BCUT2D eigenvalue weighted by Gasteiger charge is 2.40. The molecule has 7 nitrogen and oxygen atoms in total. The molecule has 184 valence electrons. The van der Waals surface area contributed by atoms with Crippen LogP contribution in [0, 0.1) is 0 Å².